The molecule has 4 rings (SSSR count). The zero-order chi connectivity index (χ0) is 9.27. The Balaban J connectivity index is 2.20. The molecule has 4 bridgehead atoms. The predicted molar refractivity (Wildman–Crippen MR) is 48.0 cm³/mol. The largest absolute Gasteiger partial charge is 0.381 e. The van der Waals surface area contributed by atoms with E-state index in [4.69, 9.17) is 0 Å². The molecule has 0 saturated heterocycles. The number of rotatable bonds is 0. The molecule has 0 aliphatic heterocycles. The summed E-state index contributed by atoms with van der Waals surface area (Å²) in [6, 6.07) is 0. The fourth-order valence-electron chi connectivity index (χ4n) is 3.58. The quantitative estimate of drug-likeness (QED) is 0.567. The van der Waals surface area contributed by atoms with Gasteiger partial charge in [0.15, 0.2) is 5.78 Å². The smallest absolute Gasteiger partial charge is 0.171 e. The Hall–Kier alpha value is -0.630. The molecule has 70 valence electrons. The fourth-order valence-corrected chi connectivity index (χ4v) is 3.58. The van der Waals surface area contributed by atoms with Crippen molar-refractivity contribution >= 4 is 5.78 Å². The summed E-state index contributed by atoms with van der Waals surface area (Å²) >= 11 is 0. The molecule has 0 spiro atoms. The van der Waals surface area contributed by atoms with Crippen molar-refractivity contribution in [2.45, 2.75) is 31.8 Å². The molecule has 2 heteroatoms. The van der Waals surface area contributed by atoms with Gasteiger partial charge >= 0.3 is 0 Å². The SMILES string of the molecule is CC12CCC3(O)C(=O)C(C=CC13)C2. The van der Waals surface area contributed by atoms with Gasteiger partial charge in [0.05, 0.1) is 0 Å². The molecule has 4 atom stereocenters. The number of allylic oxidation sites excluding steroid dienone is 1. The average molecular weight is 178 g/mol. The Morgan fingerprint density at radius 1 is 1.46 bits per heavy atom. The number of aliphatic hydroxyl groups is 1. The van der Waals surface area contributed by atoms with E-state index in [0.29, 0.717) is 6.42 Å². The minimum Gasteiger partial charge on any atom is -0.381 e. The first-order chi connectivity index (χ1) is 6.06. The van der Waals surface area contributed by atoms with Crippen LogP contribution in [0.3, 0.4) is 0 Å². The van der Waals surface area contributed by atoms with Crippen molar-refractivity contribution in [1.29, 1.82) is 0 Å². The van der Waals surface area contributed by atoms with Crippen LogP contribution in [0.2, 0.25) is 0 Å². The Bertz CT molecular complexity index is 320. The van der Waals surface area contributed by atoms with E-state index >= 15 is 0 Å². The zero-order valence-electron chi connectivity index (χ0n) is 7.79. The topological polar surface area (TPSA) is 37.3 Å². The van der Waals surface area contributed by atoms with Gasteiger partial charge in [-0.15, -0.1) is 0 Å². The monoisotopic (exact) mass is 178 g/mol. The highest BCUT2D eigenvalue weighted by molar-refractivity contribution is 5.94. The molecule has 2 saturated carbocycles. The van der Waals surface area contributed by atoms with E-state index in [1.165, 1.54) is 0 Å². The van der Waals surface area contributed by atoms with Gasteiger partial charge in [-0.3, -0.25) is 4.79 Å². The highest BCUT2D eigenvalue weighted by atomic mass is 16.3. The normalized spacial score (nSPS) is 57.5. The van der Waals surface area contributed by atoms with E-state index in [9.17, 15) is 9.90 Å². The highest BCUT2D eigenvalue weighted by Crippen LogP contribution is 2.60. The van der Waals surface area contributed by atoms with Crippen LogP contribution in [-0.2, 0) is 4.79 Å². The van der Waals surface area contributed by atoms with Gasteiger partial charge in [-0.1, -0.05) is 19.1 Å². The molecule has 4 aliphatic carbocycles. The number of ketones is 1. The highest BCUT2D eigenvalue weighted by Gasteiger charge is 2.63. The van der Waals surface area contributed by atoms with Crippen LogP contribution >= 0.6 is 0 Å². The van der Waals surface area contributed by atoms with Crippen molar-refractivity contribution in [3.8, 4) is 0 Å². The molecule has 0 radical (unpaired) electrons. The van der Waals surface area contributed by atoms with Gasteiger partial charge in [0.25, 0.3) is 0 Å². The summed E-state index contributed by atoms with van der Waals surface area (Å²) in [7, 11) is 0. The van der Waals surface area contributed by atoms with E-state index < -0.39 is 5.60 Å². The number of hydrogen-bond acceptors (Lipinski definition) is 2. The number of carbonyl (C=O) groups excluding carboxylic acids is 1. The van der Waals surface area contributed by atoms with E-state index in [2.05, 4.69) is 13.0 Å². The van der Waals surface area contributed by atoms with Crippen LogP contribution in [0, 0.1) is 17.3 Å². The zero-order valence-corrected chi connectivity index (χ0v) is 7.79. The first kappa shape index (κ1) is 7.74. The van der Waals surface area contributed by atoms with Gasteiger partial charge in [0.2, 0.25) is 0 Å². The van der Waals surface area contributed by atoms with Gasteiger partial charge in [0, 0.05) is 11.8 Å². The molecular weight excluding hydrogens is 164 g/mol. The first-order valence-corrected chi connectivity index (χ1v) is 5.01. The third-order valence-corrected chi connectivity index (χ3v) is 4.33. The number of hydrogen-bond donors (Lipinski definition) is 1. The summed E-state index contributed by atoms with van der Waals surface area (Å²) in [4.78, 5) is 11.8. The lowest BCUT2D eigenvalue weighted by Gasteiger charge is -2.47. The number of carbonyl (C=O) groups is 1. The van der Waals surface area contributed by atoms with Crippen LogP contribution in [0.15, 0.2) is 12.2 Å². The summed E-state index contributed by atoms with van der Waals surface area (Å²) in [6.45, 7) is 2.21. The molecule has 0 aromatic heterocycles. The summed E-state index contributed by atoms with van der Waals surface area (Å²) in [6.07, 6.45) is 6.70. The molecule has 4 aliphatic rings. The van der Waals surface area contributed by atoms with E-state index in [1.807, 2.05) is 6.08 Å². The van der Waals surface area contributed by atoms with Crippen molar-refractivity contribution in [1.82, 2.24) is 0 Å². The van der Waals surface area contributed by atoms with Crippen LogP contribution in [0.5, 0.6) is 0 Å². The molecular formula is C11H14O2. The molecule has 2 fully saturated rings. The van der Waals surface area contributed by atoms with Crippen molar-refractivity contribution in [3.05, 3.63) is 12.2 Å². The molecule has 1 N–H and O–H groups in total. The first-order valence-electron chi connectivity index (χ1n) is 5.01. The summed E-state index contributed by atoms with van der Waals surface area (Å²) in [5.41, 5.74) is -0.797. The average Bonchev–Trinajstić information content (AvgIpc) is 2.33. The lowest BCUT2D eigenvalue weighted by atomic mass is 9.58. The summed E-state index contributed by atoms with van der Waals surface area (Å²) in [5, 5.41) is 10.2. The van der Waals surface area contributed by atoms with E-state index in [1.54, 1.807) is 0 Å². The third kappa shape index (κ3) is 0.678. The molecule has 4 unspecified atom stereocenters. The second-order valence-electron chi connectivity index (χ2n) is 5.12. The molecule has 0 aromatic rings. The predicted octanol–water partition coefficient (Wildman–Crippen LogP) is 1.29. The van der Waals surface area contributed by atoms with Gasteiger partial charge in [-0.05, 0) is 24.7 Å². The molecule has 0 amide bonds. The van der Waals surface area contributed by atoms with E-state index in [-0.39, 0.29) is 23.0 Å². The lowest BCUT2D eigenvalue weighted by molar-refractivity contribution is -0.152. The third-order valence-electron chi connectivity index (χ3n) is 4.33. The molecule has 0 aromatic carbocycles. The molecule has 13 heavy (non-hydrogen) atoms. The minimum absolute atomic E-state index is 0.00231. The van der Waals surface area contributed by atoms with Gasteiger partial charge in [-0.2, -0.15) is 0 Å². The molecule has 0 heterocycles. The van der Waals surface area contributed by atoms with Crippen LogP contribution in [0.4, 0.5) is 0 Å². The Morgan fingerprint density at radius 3 is 2.92 bits per heavy atom. The maximum absolute atomic E-state index is 11.8. The fraction of sp³-hybridized carbons (Fsp3) is 0.727. The van der Waals surface area contributed by atoms with Crippen LogP contribution in [0.1, 0.15) is 26.2 Å². The standard InChI is InChI=1S/C11H14O2/c1-10-4-5-11(13)8(10)3-2-7(6-10)9(11)12/h2-3,7-8,13H,4-6H2,1H3. The lowest BCUT2D eigenvalue weighted by Crippen LogP contribution is -2.55. The van der Waals surface area contributed by atoms with Crippen LogP contribution in [-0.4, -0.2) is 16.5 Å². The summed E-state index contributed by atoms with van der Waals surface area (Å²) < 4.78 is 0. The van der Waals surface area contributed by atoms with Crippen molar-refractivity contribution in [2.75, 3.05) is 0 Å². The van der Waals surface area contributed by atoms with Crippen LogP contribution in [0.25, 0.3) is 0 Å². The maximum atomic E-state index is 11.8. The van der Waals surface area contributed by atoms with Crippen molar-refractivity contribution < 1.29 is 9.90 Å². The Morgan fingerprint density at radius 2 is 2.23 bits per heavy atom. The van der Waals surface area contributed by atoms with Gasteiger partial charge in [0.1, 0.15) is 5.60 Å². The second-order valence-corrected chi connectivity index (χ2v) is 5.12. The minimum atomic E-state index is -0.994. The van der Waals surface area contributed by atoms with Gasteiger partial charge in [-0.25, -0.2) is 0 Å². The molecule has 2 nitrogen and oxygen atoms in total. The maximum Gasteiger partial charge on any atom is 0.171 e. The summed E-state index contributed by atoms with van der Waals surface area (Å²) in [5.74, 6) is 0.176. The number of Topliss-reactive ketones (excluding diaryl/α,β-unsaturated/α-hetero) is 1. The second kappa shape index (κ2) is 1.90. The Labute approximate surface area is 77.6 Å². The van der Waals surface area contributed by atoms with Crippen LogP contribution < -0.4 is 0 Å². The Kier molecular flexibility index (Phi) is 1.13. The van der Waals surface area contributed by atoms with E-state index in [0.717, 1.165) is 12.8 Å². The van der Waals surface area contributed by atoms with Gasteiger partial charge < -0.3 is 5.11 Å². The van der Waals surface area contributed by atoms with Crippen molar-refractivity contribution in [3.63, 3.8) is 0 Å². The van der Waals surface area contributed by atoms with Crippen molar-refractivity contribution in [2.24, 2.45) is 17.3 Å².